The number of aryl methyl sites for hydroxylation is 1. The van der Waals surface area contributed by atoms with Crippen molar-refractivity contribution in [3.05, 3.63) is 47.5 Å². The lowest BCUT2D eigenvalue weighted by Crippen LogP contribution is -2.44. The van der Waals surface area contributed by atoms with Crippen LogP contribution in [0.1, 0.15) is 23.9 Å². The van der Waals surface area contributed by atoms with Crippen molar-refractivity contribution in [2.24, 2.45) is 0 Å². The molecule has 2 N–H and O–H groups in total. The average Bonchev–Trinajstić information content (AvgIpc) is 2.93. The van der Waals surface area contributed by atoms with E-state index in [0.29, 0.717) is 6.04 Å². The van der Waals surface area contributed by atoms with Gasteiger partial charge in [-0.1, -0.05) is 17.7 Å². The van der Waals surface area contributed by atoms with Crippen molar-refractivity contribution < 1.29 is 0 Å². The highest BCUT2D eigenvalue weighted by Gasteiger charge is 2.21. The number of nitrogens with zero attached hydrogens (tertiary/aromatic N) is 2. The van der Waals surface area contributed by atoms with E-state index in [1.54, 1.807) is 6.33 Å². The molecule has 2 heterocycles. The molecule has 0 saturated heterocycles. The SMILES string of the molecule is CCN(CC1Cc2nc[nH]c2CN1)c1ccc(C)cc1. The lowest BCUT2D eigenvalue weighted by Gasteiger charge is -2.31. The van der Waals surface area contributed by atoms with Gasteiger partial charge in [-0.2, -0.15) is 0 Å². The van der Waals surface area contributed by atoms with Gasteiger partial charge < -0.3 is 15.2 Å². The van der Waals surface area contributed by atoms with E-state index in [4.69, 9.17) is 0 Å². The molecule has 1 aliphatic rings. The predicted octanol–water partition coefficient (Wildman–Crippen LogP) is 2.26. The van der Waals surface area contributed by atoms with Crippen molar-refractivity contribution >= 4 is 5.69 Å². The molecule has 0 amide bonds. The van der Waals surface area contributed by atoms with Gasteiger partial charge in [0.25, 0.3) is 0 Å². The van der Waals surface area contributed by atoms with Crippen LogP contribution in [0.2, 0.25) is 0 Å². The molecule has 4 nitrogen and oxygen atoms in total. The smallest absolute Gasteiger partial charge is 0.0925 e. The summed E-state index contributed by atoms with van der Waals surface area (Å²) in [5.74, 6) is 0. The molecule has 1 aromatic heterocycles. The summed E-state index contributed by atoms with van der Waals surface area (Å²) in [5.41, 5.74) is 5.06. The van der Waals surface area contributed by atoms with Gasteiger partial charge in [0, 0.05) is 37.8 Å². The summed E-state index contributed by atoms with van der Waals surface area (Å²) in [4.78, 5) is 10.0. The molecule has 1 aromatic carbocycles. The summed E-state index contributed by atoms with van der Waals surface area (Å²) in [6.45, 7) is 7.27. The Morgan fingerprint density at radius 1 is 1.30 bits per heavy atom. The largest absolute Gasteiger partial charge is 0.370 e. The lowest BCUT2D eigenvalue weighted by molar-refractivity contribution is 0.466. The number of hydrogen-bond acceptors (Lipinski definition) is 3. The zero-order chi connectivity index (χ0) is 13.9. The molecule has 1 atom stereocenters. The molecule has 0 bridgehead atoms. The number of fused-ring (bicyclic) bond motifs is 1. The first-order chi connectivity index (χ1) is 9.76. The second-order valence-corrected chi connectivity index (χ2v) is 5.48. The van der Waals surface area contributed by atoms with E-state index in [1.165, 1.54) is 22.6 Å². The number of hydrogen-bond donors (Lipinski definition) is 2. The van der Waals surface area contributed by atoms with E-state index in [0.717, 1.165) is 26.1 Å². The standard InChI is InChI=1S/C16H22N4/c1-3-20(14-6-4-12(2)5-7-14)10-13-8-15-16(9-17-13)19-11-18-15/h4-7,11,13,17H,3,8-10H2,1-2H3,(H,18,19). The lowest BCUT2D eigenvalue weighted by atomic mass is 10.0. The first-order valence-corrected chi connectivity index (χ1v) is 7.32. The Balaban J connectivity index is 1.68. The number of anilines is 1. The maximum absolute atomic E-state index is 4.41. The second-order valence-electron chi connectivity index (χ2n) is 5.48. The quantitative estimate of drug-likeness (QED) is 0.895. The monoisotopic (exact) mass is 270 g/mol. The van der Waals surface area contributed by atoms with Gasteiger partial charge in [-0.15, -0.1) is 0 Å². The number of likely N-dealkylation sites (N-methyl/N-ethyl adjacent to an activating group) is 1. The molecular weight excluding hydrogens is 248 g/mol. The first-order valence-electron chi connectivity index (χ1n) is 7.32. The van der Waals surface area contributed by atoms with Crippen LogP contribution in [-0.2, 0) is 13.0 Å². The number of aromatic nitrogens is 2. The van der Waals surface area contributed by atoms with Crippen molar-refractivity contribution in [3.8, 4) is 0 Å². The van der Waals surface area contributed by atoms with Gasteiger partial charge in [-0.05, 0) is 26.0 Å². The van der Waals surface area contributed by atoms with Crippen LogP contribution in [-0.4, -0.2) is 29.1 Å². The van der Waals surface area contributed by atoms with E-state index >= 15 is 0 Å². The molecule has 4 heteroatoms. The molecule has 106 valence electrons. The maximum Gasteiger partial charge on any atom is 0.0925 e. The molecule has 0 aliphatic carbocycles. The number of nitrogens with one attached hydrogen (secondary N) is 2. The van der Waals surface area contributed by atoms with Crippen LogP contribution in [0.5, 0.6) is 0 Å². The minimum absolute atomic E-state index is 0.465. The zero-order valence-corrected chi connectivity index (χ0v) is 12.2. The molecule has 1 unspecified atom stereocenters. The molecule has 2 aromatic rings. The van der Waals surface area contributed by atoms with Gasteiger partial charge in [0.1, 0.15) is 0 Å². The van der Waals surface area contributed by atoms with Crippen LogP contribution in [0.4, 0.5) is 5.69 Å². The highest BCUT2D eigenvalue weighted by molar-refractivity contribution is 5.47. The number of imidazole rings is 1. The maximum atomic E-state index is 4.41. The first kappa shape index (κ1) is 13.2. The summed E-state index contributed by atoms with van der Waals surface area (Å²) < 4.78 is 0. The molecule has 0 radical (unpaired) electrons. The van der Waals surface area contributed by atoms with E-state index in [1.807, 2.05) is 0 Å². The predicted molar refractivity (Wildman–Crippen MR) is 82.0 cm³/mol. The fourth-order valence-corrected chi connectivity index (χ4v) is 2.80. The summed E-state index contributed by atoms with van der Waals surface area (Å²) in [5, 5.41) is 3.59. The normalized spacial score (nSPS) is 17.8. The Kier molecular flexibility index (Phi) is 3.74. The molecule has 0 fully saturated rings. The van der Waals surface area contributed by atoms with Crippen LogP contribution in [0.15, 0.2) is 30.6 Å². The minimum Gasteiger partial charge on any atom is -0.370 e. The number of aromatic amines is 1. The van der Waals surface area contributed by atoms with Crippen molar-refractivity contribution in [3.63, 3.8) is 0 Å². The number of rotatable bonds is 4. The van der Waals surface area contributed by atoms with Crippen molar-refractivity contribution in [2.75, 3.05) is 18.0 Å². The van der Waals surface area contributed by atoms with Crippen LogP contribution in [0, 0.1) is 6.92 Å². The topological polar surface area (TPSA) is 44.0 Å². The van der Waals surface area contributed by atoms with E-state index in [2.05, 4.69) is 58.3 Å². The Morgan fingerprint density at radius 2 is 2.10 bits per heavy atom. The van der Waals surface area contributed by atoms with Crippen LogP contribution in [0.3, 0.4) is 0 Å². The van der Waals surface area contributed by atoms with Crippen molar-refractivity contribution in [1.29, 1.82) is 0 Å². The van der Waals surface area contributed by atoms with Gasteiger partial charge >= 0.3 is 0 Å². The third kappa shape index (κ3) is 2.70. The summed E-state index contributed by atoms with van der Waals surface area (Å²) in [6.07, 6.45) is 2.80. The van der Waals surface area contributed by atoms with Gasteiger partial charge in [0.05, 0.1) is 17.7 Å². The van der Waals surface area contributed by atoms with Crippen LogP contribution in [0.25, 0.3) is 0 Å². The third-order valence-electron chi connectivity index (χ3n) is 4.04. The second kappa shape index (κ2) is 5.67. The number of H-pyrrole nitrogens is 1. The molecule has 1 aliphatic heterocycles. The highest BCUT2D eigenvalue weighted by atomic mass is 15.2. The Hall–Kier alpha value is -1.81. The summed E-state index contributed by atoms with van der Waals surface area (Å²) in [7, 11) is 0. The molecule has 0 spiro atoms. The van der Waals surface area contributed by atoms with Gasteiger partial charge in [-0.3, -0.25) is 0 Å². The molecular formula is C16H22N4. The van der Waals surface area contributed by atoms with Gasteiger partial charge in [-0.25, -0.2) is 4.98 Å². The third-order valence-corrected chi connectivity index (χ3v) is 4.04. The Morgan fingerprint density at radius 3 is 2.85 bits per heavy atom. The molecule has 0 saturated carbocycles. The zero-order valence-electron chi connectivity index (χ0n) is 12.2. The fraction of sp³-hybridized carbons (Fsp3) is 0.438. The van der Waals surface area contributed by atoms with Gasteiger partial charge in [0.15, 0.2) is 0 Å². The van der Waals surface area contributed by atoms with Crippen molar-refractivity contribution in [2.45, 2.75) is 32.9 Å². The van der Waals surface area contributed by atoms with Gasteiger partial charge in [0.2, 0.25) is 0 Å². The van der Waals surface area contributed by atoms with Crippen LogP contribution >= 0.6 is 0 Å². The Labute approximate surface area is 120 Å². The highest BCUT2D eigenvalue weighted by Crippen LogP contribution is 2.18. The van der Waals surface area contributed by atoms with E-state index in [9.17, 15) is 0 Å². The van der Waals surface area contributed by atoms with E-state index < -0.39 is 0 Å². The minimum atomic E-state index is 0.465. The number of benzene rings is 1. The van der Waals surface area contributed by atoms with E-state index in [-0.39, 0.29) is 0 Å². The average molecular weight is 270 g/mol. The fourth-order valence-electron chi connectivity index (χ4n) is 2.80. The summed E-state index contributed by atoms with van der Waals surface area (Å²) >= 11 is 0. The van der Waals surface area contributed by atoms with Crippen molar-refractivity contribution in [1.82, 2.24) is 15.3 Å². The summed E-state index contributed by atoms with van der Waals surface area (Å²) in [6, 6.07) is 9.24. The Bertz CT molecular complexity index is 558. The molecule has 3 rings (SSSR count). The van der Waals surface area contributed by atoms with Crippen LogP contribution < -0.4 is 10.2 Å². The molecule has 20 heavy (non-hydrogen) atoms.